The van der Waals surface area contributed by atoms with Crippen LogP contribution >= 0.6 is 0 Å². The standard InChI is InChI=1S/C15H24N2O/c1-5-12(4)15(18)17(11(2)3)10-13-6-8-14(16)9-7-13/h6-9,11-12H,5,10,16H2,1-4H3. The SMILES string of the molecule is CCC(C)C(=O)N(Cc1ccc(N)cc1)C(C)C. The van der Waals surface area contributed by atoms with Gasteiger partial charge in [0.25, 0.3) is 0 Å². The first-order valence-electron chi connectivity index (χ1n) is 6.60. The monoisotopic (exact) mass is 248 g/mol. The summed E-state index contributed by atoms with van der Waals surface area (Å²) in [7, 11) is 0. The van der Waals surface area contributed by atoms with Crippen LogP contribution in [-0.2, 0) is 11.3 Å². The van der Waals surface area contributed by atoms with Gasteiger partial charge in [0, 0.05) is 24.2 Å². The minimum Gasteiger partial charge on any atom is -0.399 e. The van der Waals surface area contributed by atoms with Crippen LogP contribution in [0.3, 0.4) is 0 Å². The molecule has 0 radical (unpaired) electrons. The van der Waals surface area contributed by atoms with Crippen molar-refractivity contribution in [3.63, 3.8) is 0 Å². The van der Waals surface area contributed by atoms with E-state index in [-0.39, 0.29) is 17.9 Å². The second-order valence-corrected chi connectivity index (χ2v) is 5.11. The van der Waals surface area contributed by atoms with Crippen molar-refractivity contribution in [2.75, 3.05) is 5.73 Å². The van der Waals surface area contributed by atoms with E-state index in [0.29, 0.717) is 6.54 Å². The predicted molar refractivity (Wildman–Crippen MR) is 76.0 cm³/mol. The fourth-order valence-electron chi connectivity index (χ4n) is 1.79. The third-order valence-corrected chi connectivity index (χ3v) is 3.27. The molecular formula is C15H24N2O. The van der Waals surface area contributed by atoms with E-state index in [2.05, 4.69) is 13.8 Å². The molecule has 1 unspecified atom stereocenters. The quantitative estimate of drug-likeness (QED) is 0.814. The Morgan fingerprint density at radius 2 is 1.78 bits per heavy atom. The predicted octanol–water partition coefficient (Wildman–Crippen LogP) is 3.05. The van der Waals surface area contributed by atoms with E-state index in [1.165, 1.54) is 0 Å². The number of carbonyl (C=O) groups is 1. The average molecular weight is 248 g/mol. The van der Waals surface area contributed by atoms with Gasteiger partial charge < -0.3 is 10.6 Å². The Balaban J connectivity index is 2.80. The van der Waals surface area contributed by atoms with Crippen molar-refractivity contribution in [2.45, 2.75) is 46.7 Å². The Hall–Kier alpha value is -1.51. The van der Waals surface area contributed by atoms with Gasteiger partial charge in [-0.15, -0.1) is 0 Å². The summed E-state index contributed by atoms with van der Waals surface area (Å²) in [5, 5.41) is 0. The molecule has 0 spiro atoms. The lowest BCUT2D eigenvalue weighted by atomic mass is 10.1. The molecule has 1 atom stereocenters. The second-order valence-electron chi connectivity index (χ2n) is 5.11. The number of hydrogen-bond acceptors (Lipinski definition) is 2. The Labute approximate surface area is 110 Å². The molecule has 0 fully saturated rings. The molecule has 1 amide bonds. The van der Waals surface area contributed by atoms with Gasteiger partial charge >= 0.3 is 0 Å². The smallest absolute Gasteiger partial charge is 0.225 e. The molecule has 0 aliphatic heterocycles. The number of nitrogen functional groups attached to an aromatic ring is 1. The van der Waals surface area contributed by atoms with Gasteiger partial charge in [-0.2, -0.15) is 0 Å². The number of amides is 1. The number of benzene rings is 1. The van der Waals surface area contributed by atoms with Crippen LogP contribution < -0.4 is 5.73 Å². The number of anilines is 1. The van der Waals surface area contributed by atoms with E-state index in [1.807, 2.05) is 43.0 Å². The molecule has 100 valence electrons. The van der Waals surface area contributed by atoms with Crippen LogP contribution in [0.15, 0.2) is 24.3 Å². The molecule has 0 saturated heterocycles. The summed E-state index contributed by atoms with van der Waals surface area (Å²) in [4.78, 5) is 14.2. The van der Waals surface area contributed by atoms with Crippen LogP contribution in [0, 0.1) is 5.92 Å². The van der Waals surface area contributed by atoms with Crippen LogP contribution in [-0.4, -0.2) is 16.8 Å². The highest BCUT2D eigenvalue weighted by atomic mass is 16.2. The third kappa shape index (κ3) is 3.76. The van der Waals surface area contributed by atoms with Crippen molar-refractivity contribution in [1.82, 2.24) is 4.90 Å². The van der Waals surface area contributed by atoms with Crippen LogP contribution in [0.4, 0.5) is 5.69 Å². The van der Waals surface area contributed by atoms with E-state index in [4.69, 9.17) is 5.73 Å². The minimum atomic E-state index is 0.0844. The largest absolute Gasteiger partial charge is 0.399 e. The molecule has 0 aromatic heterocycles. The van der Waals surface area contributed by atoms with Gasteiger partial charge in [-0.1, -0.05) is 26.0 Å². The lowest BCUT2D eigenvalue weighted by molar-refractivity contribution is -0.137. The highest BCUT2D eigenvalue weighted by Crippen LogP contribution is 2.15. The van der Waals surface area contributed by atoms with Gasteiger partial charge in [0.2, 0.25) is 5.91 Å². The Bertz CT molecular complexity index is 384. The van der Waals surface area contributed by atoms with Crippen molar-refractivity contribution >= 4 is 11.6 Å². The summed E-state index contributed by atoms with van der Waals surface area (Å²) >= 11 is 0. The number of carbonyl (C=O) groups excluding carboxylic acids is 1. The van der Waals surface area contributed by atoms with Crippen LogP contribution in [0.2, 0.25) is 0 Å². The molecule has 18 heavy (non-hydrogen) atoms. The molecule has 0 aliphatic rings. The molecule has 0 bridgehead atoms. The summed E-state index contributed by atoms with van der Waals surface area (Å²) in [5.41, 5.74) is 7.54. The first-order chi connectivity index (χ1) is 8.45. The molecule has 0 aliphatic carbocycles. The van der Waals surface area contributed by atoms with E-state index in [0.717, 1.165) is 17.7 Å². The number of nitrogens with zero attached hydrogens (tertiary/aromatic N) is 1. The fraction of sp³-hybridized carbons (Fsp3) is 0.533. The molecular weight excluding hydrogens is 224 g/mol. The Morgan fingerprint density at radius 3 is 2.22 bits per heavy atom. The van der Waals surface area contributed by atoms with E-state index in [1.54, 1.807) is 0 Å². The average Bonchev–Trinajstić information content (AvgIpc) is 2.36. The lowest BCUT2D eigenvalue weighted by Gasteiger charge is -2.29. The summed E-state index contributed by atoms with van der Waals surface area (Å²) in [5.74, 6) is 0.311. The molecule has 0 saturated carbocycles. The summed E-state index contributed by atoms with van der Waals surface area (Å²) in [6, 6.07) is 7.93. The molecule has 3 heteroatoms. The first-order valence-corrected chi connectivity index (χ1v) is 6.60. The summed E-state index contributed by atoms with van der Waals surface area (Å²) in [6.07, 6.45) is 0.879. The summed E-state index contributed by atoms with van der Waals surface area (Å²) < 4.78 is 0. The zero-order valence-corrected chi connectivity index (χ0v) is 11.8. The maximum atomic E-state index is 12.3. The van der Waals surface area contributed by atoms with Crippen molar-refractivity contribution in [1.29, 1.82) is 0 Å². The van der Waals surface area contributed by atoms with Crippen molar-refractivity contribution < 1.29 is 4.79 Å². The van der Waals surface area contributed by atoms with Gasteiger partial charge in [0.15, 0.2) is 0 Å². The molecule has 2 N–H and O–H groups in total. The highest BCUT2D eigenvalue weighted by molar-refractivity contribution is 5.78. The molecule has 1 rings (SSSR count). The maximum absolute atomic E-state index is 12.3. The second kappa shape index (κ2) is 6.43. The summed E-state index contributed by atoms with van der Waals surface area (Å²) in [6.45, 7) is 8.79. The normalized spacial score (nSPS) is 12.5. The van der Waals surface area contributed by atoms with E-state index in [9.17, 15) is 4.79 Å². The number of nitrogens with two attached hydrogens (primary N) is 1. The fourth-order valence-corrected chi connectivity index (χ4v) is 1.79. The Morgan fingerprint density at radius 1 is 1.22 bits per heavy atom. The molecule has 3 nitrogen and oxygen atoms in total. The van der Waals surface area contributed by atoms with Crippen LogP contribution in [0.1, 0.15) is 39.7 Å². The first kappa shape index (κ1) is 14.6. The molecule has 0 heterocycles. The minimum absolute atomic E-state index is 0.0844. The zero-order valence-electron chi connectivity index (χ0n) is 11.8. The molecule has 1 aromatic carbocycles. The van der Waals surface area contributed by atoms with Gasteiger partial charge in [0.1, 0.15) is 0 Å². The zero-order chi connectivity index (χ0) is 13.7. The van der Waals surface area contributed by atoms with Crippen LogP contribution in [0.25, 0.3) is 0 Å². The highest BCUT2D eigenvalue weighted by Gasteiger charge is 2.21. The van der Waals surface area contributed by atoms with E-state index >= 15 is 0 Å². The lowest BCUT2D eigenvalue weighted by Crippen LogP contribution is -2.39. The van der Waals surface area contributed by atoms with Crippen LogP contribution in [0.5, 0.6) is 0 Å². The maximum Gasteiger partial charge on any atom is 0.225 e. The van der Waals surface area contributed by atoms with Crippen molar-refractivity contribution in [2.24, 2.45) is 5.92 Å². The van der Waals surface area contributed by atoms with E-state index < -0.39 is 0 Å². The number of rotatable bonds is 5. The van der Waals surface area contributed by atoms with Gasteiger partial charge in [0.05, 0.1) is 0 Å². The number of hydrogen-bond donors (Lipinski definition) is 1. The van der Waals surface area contributed by atoms with Gasteiger partial charge in [-0.05, 0) is 38.0 Å². The van der Waals surface area contributed by atoms with Crippen molar-refractivity contribution in [3.05, 3.63) is 29.8 Å². The van der Waals surface area contributed by atoms with Gasteiger partial charge in [-0.25, -0.2) is 0 Å². The van der Waals surface area contributed by atoms with Crippen molar-refractivity contribution in [3.8, 4) is 0 Å². The molecule has 1 aromatic rings. The Kier molecular flexibility index (Phi) is 5.20. The topological polar surface area (TPSA) is 46.3 Å². The van der Waals surface area contributed by atoms with Gasteiger partial charge in [-0.3, -0.25) is 4.79 Å². The third-order valence-electron chi connectivity index (χ3n) is 3.27.